The van der Waals surface area contributed by atoms with Gasteiger partial charge in [-0.1, -0.05) is 39.5 Å². The largest absolute Gasteiger partial charge is 0.340 e. The van der Waals surface area contributed by atoms with E-state index in [1.807, 2.05) is 19.9 Å². The Morgan fingerprint density at radius 2 is 1.38 bits per heavy atom. The van der Waals surface area contributed by atoms with Crippen molar-refractivity contribution in [2.75, 3.05) is 33.7 Å². The highest BCUT2D eigenvalue weighted by molar-refractivity contribution is 6.05. The van der Waals surface area contributed by atoms with Crippen molar-refractivity contribution < 1.29 is 14.0 Å². The molecule has 0 radical (unpaired) electrons. The molecule has 276 valence electrons. The highest BCUT2D eigenvalue weighted by Gasteiger charge is 2.45. The Labute approximate surface area is 307 Å². The predicted octanol–water partition coefficient (Wildman–Crippen LogP) is 5.30. The van der Waals surface area contributed by atoms with Crippen LogP contribution in [0.4, 0.5) is 27.4 Å². The molecule has 0 aromatic carbocycles. The lowest BCUT2D eigenvalue weighted by Crippen LogP contribution is -2.58. The lowest BCUT2D eigenvalue weighted by atomic mass is 9.90. The smallest absolute Gasteiger partial charge is 0.249 e. The number of likely N-dealkylation sites (N-methyl/N-ethyl adjacent to an activating group) is 2. The maximum Gasteiger partial charge on any atom is 0.249 e. The van der Waals surface area contributed by atoms with Crippen LogP contribution in [-0.4, -0.2) is 80.0 Å². The first-order valence-corrected chi connectivity index (χ1v) is 18.8. The van der Waals surface area contributed by atoms with Crippen LogP contribution in [0.5, 0.6) is 0 Å². The van der Waals surface area contributed by atoms with E-state index in [2.05, 4.69) is 29.7 Å². The van der Waals surface area contributed by atoms with Gasteiger partial charge in [-0.25, -0.2) is 24.9 Å². The van der Waals surface area contributed by atoms with Crippen molar-refractivity contribution in [2.45, 2.75) is 102 Å². The van der Waals surface area contributed by atoms with Crippen LogP contribution in [-0.2, 0) is 16.0 Å². The standard InChI is InChI=1S/C39H45FN10O3/c1-5-28-38(52)47(3)29-20-43-35(46-36(29)49(28)26-10-6-7-11-26)24-17-25(44-32(51)19-24)16-22(2)33-39(53)48(4)30-21-42-34(23-14-15-41-31(40)18-23)45-37(30)50(33)27-12-8-9-13-27/h14-15,17-22,26-28,33H,5-13,16H2,1-4H3,(H,44,51). The highest BCUT2D eigenvalue weighted by Crippen LogP contribution is 2.43. The highest BCUT2D eigenvalue weighted by atomic mass is 19.1. The summed E-state index contributed by atoms with van der Waals surface area (Å²) in [5.74, 6) is 1.25. The van der Waals surface area contributed by atoms with Crippen LogP contribution in [0.3, 0.4) is 0 Å². The number of H-pyrrole nitrogens is 1. The average molecular weight is 721 g/mol. The average Bonchev–Trinajstić information content (AvgIpc) is 3.89. The van der Waals surface area contributed by atoms with Gasteiger partial charge in [0.15, 0.2) is 23.3 Å². The van der Waals surface area contributed by atoms with Gasteiger partial charge in [-0.15, -0.1) is 0 Å². The number of aromatic amines is 1. The van der Waals surface area contributed by atoms with Crippen molar-refractivity contribution in [3.05, 3.63) is 64.9 Å². The zero-order valence-electron chi connectivity index (χ0n) is 30.6. The molecule has 8 rings (SSSR count). The van der Waals surface area contributed by atoms with E-state index in [0.29, 0.717) is 58.5 Å². The van der Waals surface area contributed by atoms with Crippen LogP contribution in [0.2, 0.25) is 0 Å². The normalized spacial score (nSPS) is 21.4. The van der Waals surface area contributed by atoms with Gasteiger partial charge in [-0.3, -0.25) is 14.4 Å². The quantitative estimate of drug-likeness (QED) is 0.238. The molecule has 0 saturated heterocycles. The number of rotatable bonds is 8. The summed E-state index contributed by atoms with van der Waals surface area (Å²) >= 11 is 0. The zero-order chi connectivity index (χ0) is 37.0. The molecule has 13 nitrogen and oxygen atoms in total. The molecule has 0 bridgehead atoms. The number of hydrogen-bond acceptors (Lipinski definition) is 10. The number of aromatic nitrogens is 6. The predicted molar refractivity (Wildman–Crippen MR) is 200 cm³/mol. The van der Waals surface area contributed by atoms with Crippen molar-refractivity contribution >= 4 is 34.8 Å². The van der Waals surface area contributed by atoms with Gasteiger partial charge >= 0.3 is 0 Å². The molecular weight excluding hydrogens is 675 g/mol. The maximum absolute atomic E-state index is 14.3. The summed E-state index contributed by atoms with van der Waals surface area (Å²) in [4.78, 5) is 74.4. The maximum atomic E-state index is 14.3. The summed E-state index contributed by atoms with van der Waals surface area (Å²) in [6.07, 6.45) is 14.0. The minimum Gasteiger partial charge on any atom is -0.340 e. The third-order valence-electron chi connectivity index (χ3n) is 11.6. The summed E-state index contributed by atoms with van der Waals surface area (Å²) in [5, 5.41) is 0. The van der Waals surface area contributed by atoms with Gasteiger partial charge in [0.1, 0.15) is 23.5 Å². The number of amides is 2. The van der Waals surface area contributed by atoms with Crippen LogP contribution < -0.4 is 25.2 Å². The number of anilines is 4. The Balaban J connectivity index is 1.14. The Kier molecular flexibility index (Phi) is 9.15. The van der Waals surface area contributed by atoms with Crippen LogP contribution >= 0.6 is 0 Å². The Bertz CT molecular complexity index is 2110. The monoisotopic (exact) mass is 720 g/mol. The van der Waals surface area contributed by atoms with Gasteiger partial charge in [-0.05, 0) is 56.6 Å². The van der Waals surface area contributed by atoms with E-state index in [4.69, 9.17) is 9.97 Å². The number of hydrogen-bond donors (Lipinski definition) is 1. The lowest BCUT2D eigenvalue weighted by Gasteiger charge is -2.46. The topological polar surface area (TPSA) is 144 Å². The molecule has 2 fully saturated rings. The molecule has 4 aromatic rings. The number of nitrogens with zero attached hydrogens (tertiary/aromatic N) is 9. The van der Waals surface area contributed by atoms with Crippen LogP contribution in [0.25, 0.3) is 22.8 Å². The first-order chi connectivity index (χ1) is 25.6. The van der Waals surface area contributed by atoms with Crippen LogP contribution in [0.15, 0.2) is 47.7 Å². The molecule has 2 aliphatic heterocycles. The molecule has 6 heterocycles. The van der Waals surface area contributed by atoms with Gasteiger partial charge in [-0.2, -0.15) is 4.39 Å². The number of carbonyl (C=O) groups excluding carboxylic acids is 2. The summed E-state index contributed by atoms with van der Waals surface area (Å²) < 4.78 is 14.1. The van der Waals surface area contributed by atoms with Gasteiger partial charge < -0.3 is 24.6 Å². The van der Waals surface area contributed by atoms with E-state index in [1.165, 1.54) is 18.3 Å². The second-order valence-electron chi connectivity index (χ2n) is 15.0. The first-order valence-electron chi connectivity index (χ1n) is 18.8. The molecule has 4 aromatic heterocycles. The number of nitrogens with one attached hydrogen (secondary N) is 1. The van der Waals surface area contributed by atoms with Gasteiger partial charge in [0.2, 0.25) is 23.3 Å². The summed E-state index contributed by atoms with van der Waals surface area (Å²) in [5.41, 5.74) is 2.73. The molecule has 2 amide bonds. The number of halogens is 1. The molecule has 3 unspecified atom stereocenters. The molecule has 2 aliphatic carbocycles. The second kappa shape index (κ2) is 13.9. The molecule has 0 spiro atoms. The Hall–Kier alpha value is -5.27. The van der Waals surface area contributed by atoms with Gasteiger partial charge in [0, 0.05) is 61.3 Å². The molecular formula is C39H45FN10O3. The molecule has 53 heavy (non-hydrogen) atoms. The van der Waals surface area contributed by atoms with Gasteiger partial charge in [0.25, 0.3) is 0 Å². The number of pyridine rings is 2. The van der Waals surface area contributed by atoms with E-state index < -0.39 is 12.0 Å². The number of carbonyl (C=O) groups is 2. The van der Waals surface area contributed by atoms with Crippen molar-refractivity contribution in [3.8, 4) is 22.8 Å². The molecule has 3 atom stereocenters. The molecule has 1 N–H and O–H groups in total. The fraction of sp³-hybridized carbons (Fsp3) is 0.487. The van der Waals surface area contributed by atoms with E-state index in [-0.39, 0.29) is 41.4 Å². The van der Waals surface area contributed by atoms with E-state index in [9.17, 15) is 18.8 Å². The molecule has 4 aliphatic rings. The van der Waals surface area contributed by atoms with Crippen LogP contribution in [0, 0.1) is 11.9 Å². The Morgan fingerprint density at radius 1 is 0.792 bits per heavy atom. The van der Waals surface area contributed by atoms with Crippen molar-refractivity contribution in [2.24, 2.45) is 5.92 Å². The van der Waals surface area contributed by atoms with Crippen LogP contribution in [0.1, 0.15) is 77.3 Å². The van der Waals surface area contributed by atoms with Crippen molar-refractivity contribution in [1.29, 1.82) is 0 Å². The minimum absolute atomic E-state index is 0.0433. The number of fused-ring (bicyclic) bond motifs is 2. The second-order valence-corrected chi connectivity index (χ2v) is 15.0. The van der Waals surface area contributed by atoms with E-state index >= 15 is 0 Å². The van der Waals surface area contributed by atoms with Gasteiger partial charge in [0.05, 0.1) is 12.4 Å². The lowest BCUT2D eigenvalue weighted by molar-refractivity contribution is -0.121. The van der Waals surface area contributed by atoms with Crippen molar-refractivity contribution in [3.63, 3.8) is 0 Å². The summed E-state index contributed by atoms with van der Waals surface area (Å²) in [6, 6.07) is 5.82. The fourth-order valence-electron chi connectivity index (χ4n) is 8.96. The molecule has 14 heteroatoms. The zero-order valence-corrected chi connectivity index (χ0v) is 30.6. The van der Waals surface area contributed by atoms with E-state index in [1.54, 1.807) is 42.4 Å². The summed E-state index contributed by atoms with van der Waals surface area (Å²) in [7, 11) is 3.51. The third-order valence-corrected chi connectivity index (χ3v) is 11.6. The fourth-order valence-corrected chi connectivity index (χ4v) is 8.96. The Morgan fingerprint density at radius 3 is 2.00 bits per heavy atom. The summed E-state index contributed by atoms with van der Waals surface area (Å²) in [6.45, 7) is 4.06. The SMILES string of the molecule is CCC1C(=O)N(C)c2cnc(-c3cc(CC(C)C4C(=O)N(C)c5cnc(-c6ccnc(F)c6)nc5N4C4CCCC4)[nH]c(=O)c3)nc2N1C1CCCC1. The minimum atomic E-state index is -0.619. The first kappa shape index (κ1) is 34.8. The van der Waals surface area contributed by atoms with E-state index in [0.717, 1.165) is 57.2 Å². The third kappa shape index (κ3) is 6.21. The van der Waals surface area contributed by atoms with Crippen molar-refractivity contribution in [1.82, 2.24) is 29.9 Å². The molecule has 2 saturated carbocycles.